The molecule has 34 heavy (non-hydrogen) atoms. The van der Waals surface area contributed by atoms with Gasteiger partial charge in [-0.1, -0.05) is 47.7 Å². The molecular formula is C22H17N5O5S2. The van der Waals surface area contributed by atoms with Crippen molar-refractivity contribution in [2.45, 2.75) is 11.8 Å². The molecule has 4 aromatic rings. The number of carbonyl (C=O) groups is 1. The van der Waals surface area contributed by atoms with Gasteiger partial charge in [-0.25, -0.2) is 8.42 Å². The number of aromatic nitrogens is 2. The van der Waals surface area contributed by atoms with Crippen LogP contribution in [-0.4, -0.2) is 29.4 Å². The van der Waals surface area contributed by atoms with E-state index in [-0.39, 0.29) is 21.8 Å². The Bertz CT molecular complexity index is 1470. The van der Waals surface area contributed by atoms with Gasteiger partial charge in [-0.05, 0) is 37.3 Å². The molecule has 0 aliphatic carbocycles. The largest absolute Gasteiger partial charge is 0.296 e. The minimum absolute atomic E-state index is 0.196. The summed E-state index contributed by atoms with van der Waals surface area (Å²) in [6, 6.07) is 18.8. The quantitative estimate of drug-likeness (QED) is 0.284. The van der Waals surface area contributed by atoms with E-state index in [1.165, 1.54) is 54.7 Å². The molecule has 0 aliphatic heterocycles. The topological polar surface area (TPSA) is 144 Å². The van der Waals surface area contributed by atoms with Gasteiger partial charge in [0.2, 0.25) is 5.13 Å². The Kier molecular flexibility index (Phi) is 6.34. The van der Waals surface area contributed by atoms with Crippen LogP contribution in [-0.2, 0) is 10.0 Å². The minimum atomic E-state index is -4.06. The zero-order chi connectivity index (χ0) is 24.3. The number of benzene rings is 3. The molecule has 1 heterocycles. The number of nitrogens with one attached hydrogen (secondary N) is 2. The molecule has 0 bridgehead atoms. The molecule has 0 fully saturated rings. The predicted molar refractivity (Wildman–Crippen MR) is 128 cm³/mol. The van der Waals surface area contributed by atoms with Gasteiger partial charge in [0.05, 0.1) is 9.82 Å². The van der Waals surface area contributed by atoms with Crippen LogP contribution in [0.5, 0.6) is 0 Å². The second-order valence-corrected chi connectivity index (χ2v) is 9.78. The molecule has 0 unspecified atom stereocenters. The van der Waals surface area contributed by atoms with Crippen molar-refractivity contribution >= 4 is 43.8 Å². The second kappa shape index (κ2) is 9.37. The van der Waals surface area contributed by atoms with Gasteiger partial charge in [0.1, 0.15) is 5.01 Å². The van der Waals surface area contributed by atoms with Crippen molar-refractivity contribution in [1.82, 2.24) is 10.2 Å². The number of nitro benzene ring substituents is 1. The van der Waals surface area contributed by atoms with Crippen LogP contribution in [0.25, 0.3) is 10.6 Å². The standard InChI is InChI=1S/C22H17N5O5S2/c1-14-7-12-18(13-19(14)27(29)30)34(31,32)26-17-10-8-15(9-11-17)20(28)23-22-25-24-21(33-22)16-5-3-2-4-6-16/h2-13,26H,1H3,(H,23,25,28). The lowest BCUT2D eigenvalue weighted by Crippen LogP contribution is -2.14. The smallest absolute Gasteiger partial charge is 0.273 e. The first-order valence-corrected chi connectivity index (χ1v) is 12.1. The van der Waals surface area contributed by atoms with Crippen LogP contribution in [0.1, 0.15) is 15.9 Å². The van der Waals surface area contributed by atoms with E-state index in [0.29, 0.717) is 15.7 Å². The summed E-state index contributed by atoms with van der Waals surface area (Å²) in [5.41, 5.74) is 1.43. The molecular weight excluding hydrogens is 478 g/mol. The van der Waals surface area contributed by atoms with Crippen molar-refractivity contribution in [2.75, 3.05) is 10.0 Å². The third-order valence-corrected chi connectivity index (χ3v) is 7.02. The number of amides is 1. The fourth-order valence-corrected chi connectivity index (χ4v) is 4.82. The van der Waals surface area contributed by atoms with Crippen molar-refractivity contribution in [1.29, 1.82) is 0 Å². The van der Waals surface area contributed by atoms with Gasteiger partial charge in [0.15, 0.2) is 0 Å². The third-order valence-electron chi connectivity index (χ3n) is 4.75. The maximum absolute atomic E-state index is 12.6. The fraction of sp³-hybridized carbons (Fsp3) is 0.0455. The van der Waals surface area contributed by atoms with Crippen molar-refractivity contribution in [3.05, 3.63) is 94.0 Å². The number of carbonyl (C=O) groups excluding carboxylic acids is 1. The van der Waals surface area contributed by atoms with E-state index >= 15 is 0 Å². The van der Waals surface area contributed by atoms with Gasteiger partial charge in [0, 0.05) is 28.4 Å². The first-order chi connectivity index (χ1) is 16.2. The van der Waals surface area contributed by atoms with Crippen molar-refractivity contribution < 1.29 is 18.1 Å². The lowest BCUT2D eigenvalue weighted by Gasteiger charge is -2.09. The van der Waals surface area contributed by atoms with Gasteiger partial charge in [-0.15, -0.1) is 10.2 Å². The maximum Gasteiger partial charge on any atom is 0.273 e. The highest BCUT2D eigenvalue weighted by atomic mass is 32.2. The number of nitro groups is 1. The zero-order valence-corrected chi connectivity index (χ0v) is 19.3. The number of rotatable bonds is 7. The van der Waals surface area contributed by atoms with Crippen LogP contribution in [0.15, 0.2) is 77.7 Å². The average molecular weight is 496 g/mol. The van der Waals surface area contributed by atoms with Crippen LogP contribution in [0, 0.1) is 17.0 Å². The monoisotopic (exact) mass is 495 g/mol. The molecule has 0 saturated heterocycles. The third kappa shape index (κ3) is 5.08. The Morgan fingerprint density at radius 2 is 1.71 bits per heavy atom. The van der Waals surface area contributed by atoms with E-state index in [4.69, 9.17) is 0 Å². The van der Waals surface area contributed by atoms with E-state index in [1.54, 1.807) is 0 Å². The highest BCUT2D eigenvalue weighted by Crippen LogP contribution is 2.27. The molecule has 12 heteroatoms. The van der Waals surface area contributed by atoms with Gasteiger partial charge < -0.3 is 0 Å². The molecule has 1 aromatic heterocycles. The van der Waals surface area contributed by atoms with Gasteiger partial charge in [-0.3, -0.25) is 24.9 Å². The van der Waals surface area contributed by atoms with Crippen LogP contribution in [0.4, 0.5) is 16.5 Å². The van der Waals surface area contributed by atoms with Gasteiger partial charge >= 0.3 is 0 Å². The summed E-state index contributed by atoms with van der Waals surface area (Å²) in [4.78, 5) is 22.8. The minimum Gasteiger partial charge on any atom is -0.296 e. The first-order valence-electron chi connectivity index (χ1n) is 9.81. The van der Waals surface area contributed by atoms with E-state index in [2.05, 4.69) is 20.2 Å². The number of sulfonamides is 1. The summed E-state index contributed by atoms with van der Waals surface area (Å²) < 4.78 is 27.6. The van der Waals surface area contributed by atoms with Crippen molar-refractivity contribution in [3.63, 3.8) is 0 Å². The summed E-state index contributed by atoms with van der Waals surface area (Å²) in [6.07, 6.45) is 0. The Hall–Kier alpha value is -4.16. The molecule has 0 atom stereocenters. The van der Waals surface area contributed by atoms with Crippen LogP contribution in [0.2, 0.25) is 0 Å². The Labute approximate surface area is 198 Å². The number of hydrogen-bond donors (Lipinski definition) is 2. The van der Waals surface area contributed by atoms with E-state index < -0.39 is 20.9 Å². The zero-order valence-electron chi connectivity index (χ0n) is 17.6. The maximum atomic E-state index is 12.6. The molecule has 2 N–H and O–H groups in total. The van der Waals surface area contributed by atoms with Crippen molar-refractivity contribution in [2.24, 2.45) is 0 Å². The van der Waals surface area contributed by atoms with Crippen LogP contribution < -0.4 is 10.0 Å². The molecule has 10 nitrogen and oxygen atoms in total. The van der Waals surface area contributed by atoms with Gasteiger partial charge in [-0.2, -0.15) is 0 Å². The first kappa shape index (κ1) is 23.0. The Morgan fingerprint density at radius 3 is 2.38 bits per heavy atom. The molecule has 4 rings (SSSR count). The Morgan fingerprint density at radius 1 is 1.00 bits per heavy atom. The number of nitrogens with zero attached hydrogens (tertiary/aromatic N) is 3. The molecule has 172 valence electrons. The van der Waals surface area contributed by atoms with Crippen LogP contribution >= 0.6 is 11.3 Å². The normalized spacial score (nSPS) is 11.1. The SMILES string of the molecule is Cc1ccc(S(=O)(=O)Nc2ccc(C(=O)Nc3nnc(-c4ccccc4)s3)cc2)cc1[N+](=O)[O-]. The predicted octanol–water partition coefficient (Wildman–Crippen LogP) is 4.47. The second-order valence-electron chi connectivity index (χ2n) is 7.12. The number of anilines is 2. The summed E-state index contributed by atoms with van der Waals surface area (Å²) in [5, 5.41) is 22.8. The molecule has 0 aliphatic rings. The lowest BCUT2D eigenvalue weighted by molar-refractivity contribution is -0.385. The summed E-state index contributed by atoms with van der Waals surface area (Å²) in [5.74, 6) is -0.431. The molecule has 1 amide bonds. The molecule has 0 radical (unpaired) electrons. The van der Waals surface area contributed by atoms with Crippen molar-refractivity contribution in [3.8, 4) is 10.6 Å². The molecule has 3 aromatic carbocycles. The van der Waals surface area contributed by atoms with Gasteiger partial charge in [0.25, 0.3) is 21.6 Å². The number of hydrogen-bond acceptors (Lipinski definition) is 8. The highest BCUT2D eigenvalue weighted by molar-refractivity contribution is 7.92. The molecule has 0 spiro atoms. The summed E-state index contributed by atoms with van der Waals surface area (Å²) in [6.45, 7) is 1.52. The average Bonchev–Trinajstić information content (AvgIpc) is 3.28. The summed E-state index contributed by atoms with van der Waals surface area (Å²) in [7, 11) is -4.06. The van der Waals surface area contributed by atoms with Crippen LogP contribution in [0.3, 0.4) is 0 Å². The van der Waals surface area contributed by atoms with E-state index in [9.17, 15) is 23.3 Å². The molecule has 0 saturated carbocycles. The van der Waals surface area contributed by atoms with E-state index in [0.717, 1.165) is 11.6 Å². The Balaban J connectivity index is 1.45. The fourth-order valence-electron chi connectivity index (χ4n) is 3.00. The summed E-state index contributed by atoms with van der Waals surface area (Å²) >= 11 is 1.23. The lowest BCUT2D eigenvalue weighted by atomic mass is 10.2. The highest BCUT2D eigenvalue weighted by Gasteiger charge is 2.20. The van der Waals surface area contributed by atoms with E-state index in [1.807, 2.05) is 30.3 Å². The number of aryl methyl sites for hydroxylation is 1.